The lowest BCUT2D eigenvalue weighted by Gasteiger charge is -2.16. The Bertz CT molecular complexity index is 350. The first kappa shape index (κ1) is 17.5. The molecule has 4 N–H and O–H groups in total. The van der Waals surface area contributed by atoms with Crippen molar-refractivity contribution in [1.82, 2.24) is 21.3 Å². The van der Waals surface area contributed by atoms with E-state index < -0.39 is 36.1 Å². The van der Waals surface area contributed by atoms with Crippen LogP contribution >= 0.6 is 0 Å². The van der Waals surface area contributed by atoms with E-state index in [9.17, 15) is 29.4 Å². The molecule has 10 heteroatoms. The molecule has 20 heavy (non-hydrogen) atoms. The predicted molar refractivity (Wildman–Crippen MR) is 62.0 cm³/mol. The minimum absolute atomic E-state index is 0.0265. The van der Waals surface area contributed by atoms with Gasteiger partial charge in [-0.1, -0.05) is 0 Å². The van der Waals surface area contributed by atoms with Gasteiger partial charge in [0.15, 0.2) is 0 Å². The SMILES string of the molecule is C[C@H](NC(=O)NCCNC(=O)N[C@H](C)C(=O)[O-])C(=O)[O-]. The van der Waals surface area contributed by atoms with Crippen LogP contribution in [0.4, 0.5) is 9.59 Å². The first-order valence-corrected chi connectivity index (χ1v) is 5.74. The second-order valence-corrected chi connectivity index (χ2v) is 3.88. The van der Waals surface area contributed by atoms with E-state index in [0.29, 0.717) is 0 Å². The molecule has 114 valence electrons. The maximum Gasteiger partial charge on any atom is 0.315 e. The van der Waals surface area contributed by atoms with Gasteiger partial charge in [-0.25, -0.2) is 9.59 Å². The number of carboxylic acid groups (broad SMARTS) is 2. The summed E-state index contributed by atoms with van der Waals surface area (Å²) in [7, 11) is 0. The lowest BCUT2D eigenvalue weighted by Crippen LogP contribution is -2.52. The first-order chi connectivity index (χ1) is 9.23. The van der Waals surface area contributed by atoms with E-state index >= 15 is 0 Å². The minimum atomic E-state index is -1.42. The van der Waals surface area contributed by atoms with Gasteiger partial charge in [-0.05, 0) is 13.8 Å². The maximum absolute atomic E-state index is 11.1. The molecule has 0 aliphatic heterocycles. The van der Waals surface area contributed by atoms with Crippen LogP contribution in [-0.2, 0) is 9.59 Å². The Morgan fingerprint density at radius 1 is 0.800 bits per heavy atom. The van der Waals surface area contributed by atoms with Gasteiger partial charge in [0.1, 0.15) is 0 Å². The molecule has 0 aromatic rings. The van der Waals surface area contributed by atoms with E-state index in [-0.39, 0.29) is 13.1 Å². The van der Waals surface area contributed by atoms with E-state index in [4.69, 9.17) is 0 Å². The number of aliphatic carboxylic acids is 2. The highest BCUT2D eigenvalue weighted by Crippen LogP contribution is 1.79. The van der Waals surface area contributed by atoms with Crippen LogP contribution in [0.5, 0.6) is 0 Å². The number of hydrogen-bond donors (Lipinski definition) is 4. The number of rotatable bonds is 7. The van der Waals surface area contributed by atoms with E-state index in [2.05, 4.69) is 21.3 Å². The zero-order chi connectivity index (χ0) is 15.7. The number of amides is 4. The number of carbonyl (C=O) groups is 4. The normalized spacial score (nSPS) is 12.7. The number of hydrogen-bond acceptors (Lipinski definition) is 6. The molecule has 0 rings (SSSR count). The molecular formula is C10H16N4O6-2. The van der Waals surface area contributed by atoms with Crippen molar-refractivity contribution in [3.63, 3.8) is 0 Å². The molecule has 0 unspecified atom stereocenters. The third-order valence-corrected chi connectivity index (χ3v) is 2.10. The number of urea groups is 2. The predicted octanol–water partition coefficient (Wildman–Crippen LogP) is -4.14. The van der Waals surface area contributed by atoms with Crippen LogP contribution in [0, 0.1) is 0 Å². The molecule has 0 fully saturated rings. The molecule has 10 nitrogen and oxygen atoms in total. The highest BCUT2D eigenvalue weighted by Gasteiger charge is 2.08. The van der Waals surface area contributed by atoms with Crippen LogP contribution in [0.1, 0.15) is 13.8 Å². The van der Waals surface area contributed by atoms with E-state index in [1.165, 1.54) is 13.8 Å². The standard InChI is InChI=1S/C10H18N4O6/c1-5(7(15)16)13-9(19)11-3-4-12-10(20)14-6(2)8(17)18/h5-6H,3-4H2,1-2H3,(H,15,16)(H,17,18)(H2,11,13,19)(H2,12,14,20)/p-2/t5-,6+. The third kappa shape index (κ3) is 7.74. The molecule has 0 aromatic carbocycles. The minimum Gasteiger partial charge on any atom is -0.548 e. The summed E-state index contributed by atoms with van der Waals surface area (Å²) in [5.74, 6) is -2.84. The summed E-state index contributed by atoms with van der Waals surface area (Å²) in [4.78, 5) is 43.0. The summed E-state index contributed by atoms with van der Waals surface area (Å²) in [5.41, 5.74) is 0. The van der Waals surface area contributed by atoms with Gasteiger partial charge in [-0.3, -0.25) is 0 Å². The largest absolute Gasteiger partial charge is 0.548 e. The average molecular weight is 288 g/mol. The van der Waals surface area contributed by atoms with Crippen LogP contribution < -0.4 is 31.5 Å². The van der Waals surface area contributed by atoms with Crippen LogP contribution in [0.15, 0.2) is 0 Å². The molecule has 0 saturated carbocycles. The smallest absolute Gasteiger partial charge is 0.315 e. The Labute approximate surface area is 114 Å². The molecule has 0 aliphatic carbocycles. The maximum atomic E-state index is 11.1. The third-order valence-electron chi connectivity index (χ3n) is 2.10. The number of nitrogens with one attached hydrogen (secondary N) is 4. The lowest BCUT2D eigenvalue weighted by atomic mass is 10.3. The summed E-state index contributed by atoms with van der Waals surface area (Å²) in [6, 6.07) is -3.75. The summed E-state index contributed by atoms with van der Waals surface area (Å²) in [6.07, 6.45) is 0. The van der Waals surface area contributed by atoms with Crippen LogP contribution in [0.25, 0.3) is 0 Å². The van der Waals surface area contributed by atoms with Gasteiger partial charge in [-0.15, -0.1) is 0 Å². The quantitative estimate of drug-likeness (QED) is 0.347. The van der Waals surface area contributed by atoms with Crippen molar-refractivity contribution in [3.8, 4) is 0 Å². The number of carboxylic acids is 2. The molecule has 0 spiro atoms. The zero-order valence-electron chi connectivity index (χ0n) is 11.0. The Kier molecular flexibility index (Phi) is 7.48. The Balaban J connectivity index is 3.76. The van der Waals surface area contributed by atoms with Gasteiger partial charge in [0.2, 0.25) is 0 Å². The topological polar surface area (TPSA) is 163 Å². The highest BCUT2D eigenvalue weighted by atomic mass is 16.4. The van der Waals surface area contributed by atoms with Crippen molar-refractivity contribution in [1.29, 1.82) is 0 Å². The lowest BCUT2D eigenvalue weighted by molar-refractivity contribution is -0.308. The fourth-order valence-corrected chi connectivity index (χ4v) is 0.965. The van der Waals surface area contributed by atoms with E-state index in [1.807, 2.05) is 0 Å². The van der Waals surface area contributed by atoms with Gasteiger partial charge in [0.25, 0.3) is 0 Å². The Morgan fingerprint density at radius 2 is 1.10 bits per heavy atom. The van der Waals surface area contributed by atoms with Crippen molar-refractivity contribution in [2.75, 3.05) is 13.1 Å². The molecule has 0 radical (unpaired) electrons. The molecule has 0 heterocycles. The average Bonchev–Trinajstić information content (AvgIpc) is 2.34. The number of carbonyl (C=O) groups excluding carboxylic acids is 4. The molecular weight excluding hydrogens is 272 g/mol. The van der Waals surface area contributed by atoms with Crippen LogP contribution in [0.3, 0.4) is 0 Å². The van der Waals surface area contributed by atoms with Crippen molar-refractivity contribution in [2.24, 2.45) is 0 Å². The second-order valence-electron chi connectivity index (χ2n) is 3.88. The monoisotopic (exact) mass is 288 g/mol. The second kappa shape index (κ2) is 8.56. The van der Waals surface area contributed by atoms with Gasteiger partial charge >= 0.3 is 12.1 Å². The van der Waals surface area contributed by atoms with E-state index in [0.717, 1.165) is 0 Å². The summed E-state index contributed by atoms with van der Waals surface area (Å²) < 4.78 is 0. The van der Waals surface area contributed by atoms with Gasteiger partial charge < -0.3 is 41.1 Å². The van der Waals surface area contributed by atoms with Crippen molar-refractivity contribution in [3.05, 3.63) is 0 Å². The summed E-state index contributed by atoms with van der Waals surface area (Å²) >= 11 is 0. The van der Waals surface area contributed by atoms with Crippen molar-refractivity contribution < 1.29 is 29.4 Å². The molecule has 0 aliphatic rings. The molecule has 0 saturated heterocycles. The van der Waals surface area contributed by atoms with Crippen molar-refractivity contribution >= 4 is 24.0 Å². The van der Waals surface area contributed by atoms with Gasteiger partial charge in [-0.2, -0.15) is 0 Å². The van der Waals surface area contributed by atoms with Crippen LogP contribution in [0.2, 0.25) is 0 Å². The molecule has 0 bridgehead atoms. The van der Waals surface area contributed by atoms with Gasteiger partial charge in [0, 0.05) is 13.1 Å². The summed E-state index contributed by atoms with van der Waals surface area (Å²) in [5, 5.41) is 29.4. The van der Waals surface area contributed by atoms with Gasteiger partial charge in [0.05, 0.1) is 24.0 Å². The summed E-state index contributed by atoms with van der Waals surface area (Å²) in [6.45, 7) is 2.53. The fraction of sp³-hybridized carbons (Fsp3) is 0.600. The Morgan fingerprint density at radius 3 is 1.35 bits per heavy atom. The first-order valence-electron chi connectivity index (χ1n) is 5.74. The van der Waals surface area contributed by atoms with Crippen molar-refractivity contribution in [2.45, 2.75) is 25.9 Å². The molecule has 2 atom stereocenters. The highest BCUT2D eigenvalue weighted by molar-refractivity contribution is 5.82. The van der Waals surface area contributed by atoms with Crippen LogP contribution in [-0.4, -0.2) is 49.2 Å². The molecule has 0 aromatic heterocycles. The fourth-order valence-electron chi connectivity index (χ4n) is 0.965. The Hall–Kier alpha value is -2.52. The molecule has 4 amide bonds. The van der Waals surface area contributed by atoms with E-state index in [1.54, 1.807) is 0 Å². The zero-order valence-corrected chi connectivity index (χ0v) is 11.0.